The number of phenols is 1. The molecule has 0 radical (unpaired) electrons. The van der Waals surface area contributed by atoms with Gasteiger partial charge in [-0.05, 0) is 43.0 Å². The van der Waals surface area contributed by atoms with Crippen molar-refractivity contribution in [3.8, 4) is 5.75 Å². The van der Waals surface area contributed by atoms with Gasteiger partial charge in [0.2, 0.25) is 5.43 Å². The Bertz CT molecular complexity index is 1020. The Morgan fingerprint density at radius 2 is 2.00 bits per heavy atom. The van der Waals surface area contributed by atoms with Crippen molar-refractivity contribution in [2.45, 2.75) is 31.1 Å². The van der Waals surface area contributed by atoms with E-state index in [1.54, 1.807) is 24.3 Å². The second-order valence-electron chi connectivity index (χ2n) is 6.01. The molecule has 3 aromatic rings. The van der Waals surface area contributed by atoms with Gasteiger partial charge in [0, 0.05) is 4.90 Å². The summed E-state index contributed by atoms with van der Waals surface area (Å²) < 4.78 is 10.9. The van der Waals surface area contributed by atoms with Gasteiger partial charge in [0.25, 0.3) is 0 Å². The van der Waals surface area contributed by atoms with Crippen molar-refractivity contribution in [2.75, 3.05) is 12.9 Å². The zero-order valence-corrected chi connectivity index (χ0v) is 15.5. The van der Waals surface area contributed by atoms with Crippen LogP contribution in [0.1, 0.15) is 36.5 Å². The lowest BCUT2D eigenvalue weighted by Crippen LogP contribution is -2.08. The van der Waals surface area contributed by atoms with E-state index in [0.717, 1.165) is 24.2 Å². The Morgan fingerprint density at radius 1 is 1.19 bits per heavy atom. The molecule has 3 rings (SSSR count). The van der Waals surface area contributed by atoms with Gasteiger partial charge in [0.1, 0.15) is 5.58 Å². The van der Waals surface area contributed by atoms with Gasteiger partial charge in [-0.25, -0.2) is 4.79 Å². The van der Waals surface area contributed by atoms with Crippen LogP contribution in [0.5, 0.6) is 5.75 Å². The molecule has 1 N–H and O–H groups in total. The third kappa shape index (κ3) is 3.55. The van der Waals surface area contributed by atoms with E-state index >= 15 is 0 Å². The van der Waals surface area contributed by atoms with Crippen LogP contribution in [0.3, 0.4) is 0 Å². The summed E-state index contributed by atoms with van der Waals surface area (Å²) in [6.07, 6.45) is 4.73. The Kier molecular flexibility index (Phi) is 5.52. The largest absolute Gasteiger partial charge is 0.504 e. The van der Waals surface area contributed by atoms with E-state index in [-0.39, 0.29) is 27.5 Å². The Hall–Kier alpha value is -2.47. The number of hydrogen-bond acceptors (Lipinski definition) is 6. The van der Waals surface area contributed by atoms with E-state index in [1.165, 1.54) is 17.8 Å². The summed E-state index contributed by atoms with van der Waals surface area (Å²) in [5, 5.41) is 10.7. The van der Waals surface area contributed by atoms with Crippen molar-refractivity contribution < 1.29 is 19.1 Å². The molecule has 2 aromatic carbocycles. The molecule has 5 nitrogen and oxygen atoms in total. The number of carbonyl (C=O) groups excluding carboxylic acids is 1. The fourth-order valence-electron chi connectivity index (χ4n) is 2.76. The molecular formula is C20H20O5S. The second kappa shape index (κ2) is 7.83. The number of ether oxygens (including phenoxy) is 1. The predicted octanol–water partition coefficient (Wildman–Crippen LogP) is 4.72. The molecule has 0 unspecified atom stereocenters. The molecule has 1 aromatic heterocycles. The van der Waals surface area contributed by atoms with Crippen molar-refractivity contribution in [2.24, 2.45) is 0 Å². The van der Waals surface area contributed by atoms with Crippen LogP contribution < -0.4 is 5.43 Å². The van der Waals surface area contributed by atoms with E-state index in [4.69, 9.17) is 9.15 Å². The second-order valence-corrected chi connectivity index (χ2v) is 6.89. The monoisotopic (exact) mass is 372 g/mol. The van der Waals surface area contributed by atoms with Gasteiger partial charge in [-0.1, -0.05) is 19.8 Å². The minimum Gasteiger partial charge on any atom is -0.504 e. The molecule has 26 heavy (non-hydrogen) atoms. The third-order valence-corrected chi connectivity index (χ3v) is 4.88. The molecule has 0 atom stereocenters. The van der Waals surface area contributed by atoms with Crippen molar-refractivity contribution in [3.05, 3.63) is 46.1 Å². The van der Waals surface area contributed by atoms with Gasteiger partial charge in [-0.2, -0.15) is 0 Å². The van der Waals surface area contributed by atoms with E-state index in [2.05, 4.69) is 6.92 Å². The number of unbranched alkanes of at least 4 members (excludes halogenated alkanes) is 2. The highest BCUT2D eigenvalue weighted by molar-refractivity contribution is 7.98. The van der Waals surface area contributed by atoms with Crippen LogP contribution in [0.4, 0.5) is 0 Å². The Balaban J connectivity index is 2.03. The molecule has 136 valence electrons. The average molecular weight is 372 g/mol. The van der Waals surface area contributed by atoms with E-state index < -0.39 is 5.97 Å². The fourth-order valence-corrected chi connectivity index (χ4v) is 3.23. The maximum Gasteiger partial charge on any atom is 0.338 e. The van der Waals surface area contributed by atoms with Crippen LogP contribution in [-0.4, -0.2) is 23.9 Å². The minimum absolute atomic E-state index is 0.0785. The number of benzene rings is 2. The van der Waals surface area contributed by atoms with Gasteiger partial charge in [-0.15, -0.1) is 11.8 Å². The van der Waals surface area contributed by atoms with Gasteiger partial charge >= 0.3 is 5.97 Å². The maximum absolute atomic E-state index is 12.8. The summed E-state index contributed by atoms with van der Waals surface area (Å²) in [7, 11) is 0. The van der Waals surface area contributed by atoms with Crippen molar-refractivity contribution in [1.82, 2.24) is 0 Å². The molecule has 0 saturated carbocycles. The number of fused-ring (bicyclic) bond motifs is 2. The summed E-state index contributed by atoms with van der Waals surface area (Å²) in [4.78, 5) is 25.8. The smallest absolute Gasteiger partial charge is 0.338 e. The maximum atomic E-state index is 12.8. The molecule has 0 aliphatic heterocycles. The highest BCUT2D eigenvalue weighted by atomic mass is 32.2. The number of hydrogen-bond donors (Lipinski definition) is 1. The van der Waals surface area contributed by atoms with Crippen LogP contribution in [-0.2, 0) is 4.74 Å². The number of aromatic hydroxyl groups is 1. The quantitative estimate of drug-likeness (QED) is 0.292. The summed E-state index contributed by atoms with van der Waals surface area (Å²) in [6.45, 7) is 2.44. The topological polar surface area (TPSA) is 76.7 Å². The van der Waals surface area contributed by atoms with Crippen molar-refractivity contribution in [1.29, 1.82) is 0 Å². The molecule has 0 saturated heterocycles. The summed E-state index contributed by atoms with van der Waals surface area (Å²) in [5.74, 6) is -0.534. The molecule has 0 amide bonds. The number of rotatable bonds is 6. The molecule has 0 aliphatic rings. The van der Waals surface area contributed by atoms with E-state index in [9.17, 15) is 14.7 Å². The normalized spacial score (nSPS) is 11.2. The summed E-state index contributed by atoms with van der Waals surface area (Å²) >= 11 is 1.42. The molecule has 0 spiro atoms. The van der Waals surface area contributed by atoms with Gasteiger partial charge in [0.05, 0.1) is 22.9 Å². The standard InChI is InChI=1S/C20H20O5S/c1-3-4-5-8-24-20(23)12-6-7-17-14(9-12)18(22)15-10-13(26-2)11-16(21)19(15)25-17/h6-7,9-11,21H,3-5,8H2,1-2H3. The van der Waals surface area contributed by atoms with Crippen molar-refractivity contribution >= 4 is 39.7 Å². The number of carbonyl (C=O) groups is 1. The molecular weight excluding hydrogens is 352 g/mol. The van der Waals surface area contributed by atoms with Crippen LogP contribution in [0, 0.1) is 0 Å². The number of phenolic OH excluding ortho intramolecular Hbond substituents is 1. The Labute approximate surface area is 155 Å². The van der Waals surface area contributed by atoms with Crippen LogP contribution >= 0.6 is 11.8 Å². The van der Waals surface area contributed by atoms with E-state index in [0.29, 0.717) is 17.8 Å². The highest BCUT2D eigenvalue weighted by Gasteiger charge is 2.15. The van der Waals surface area contributed by atoms with E-state index in [1.807, 2.05) is 6.26 Å². The molecule has 0 bridgehead atoms. The first-order chi connectivity index (χ1) is 12.5. The predicted molar refractivity (Wildman–Crippen MR) is 103 cm³/mol. The molecule has 0 aliphatic carbocycles. The third-order valence-electron chi connectivity index (χ3n) is 4.18. The lowest BCUT2D eigenvalue weighted by atomic mass is 10.1. The molecule has 0 fully saturated rings. The SMILES string of the molecule is CCCCCOC(=O)c1ccc2oc3c(O)cc(SC)cc3c(=O)c2c1. The van der Waals surface area contributed by atoms with Crippen LogP contribution in [0.25, 0.3) is 21.9 Å². The molecule has 1 heterocycles. The zero-order chi connectivity index (χ0) is 18.7. The number of thioether (sulfide) groups is 1. The highest BCUT2D eigenvalue weighted by Crippen LogP contribution is 2.31. The first-order valence-electron chi connectivity index (χ1n) is 8.50. The molecule has 6 heteroatoms. The minimum atomic E-state index is -0.455. The number of esters is 1. The Morgan fingerprint density at radius 3 is 2.73 bits per heavy atom. The van der Waals surface area contributed by atoms with Gasteiger partial charge < -0.3 is 14.3 Å². The summed E-state index contributed by atoms with van der Waals surface area (Å²) in [5.41, 5.74) is 0.492. The average Bonchev–Trinajstić information content (AvgIpc) is 2.65. The first kappa shape index (κ1) is 18.3. The summed E-state index contributed by atoms with van der Waals surface area (Å²) in [6, 6.07) is 7.85. The van der Waals surface area contributed by atoms with Crippen LogP contribution in [0.15, 0.2) is 44.4 Å². The first-order valence-corrected chi connectivity index (χ1v) is 9.72. The van der Waals surface area contributed by atoms with Gasteiger partial charge in [-0.3, -0.25) is 4.79 Å². The van der Waals surface area contributed by atoms with Crippen LogP contribution in [0.2, 0.25) is 0 Å². The van der Waals surface area contributed by atoms with Crippen molar-refractivity contribution in [3.63, 3.8) is 0 Å². The van der Waals surface area contributed by atoms with Gasteiger partial charge in [0.15, 0.2) is 11.3 Å². The fraction of sp³-hybridized carbons (Fsp3) is 0.300. The lowest BCUT2D eigenvalue weighted by molar-refractivity contribution is 0.0498. The lowest BCUT2D eigenvalue weighted by Gasteiger charge is -2.07. The zero-order valence-electron chi connectivity index (χ0n) is 14.7.